The third kappa shape index (κ3) is 4.63. The molecule has 0 heterocycles. The molecular weight excluding hydrogens is 340 g/mol. The first-order valence-corrected chi connectivity index (χ1v) is 7.32. The second-order valence-corrected chi connectivity index (χ2v) is 5.57. The van der Waals surface area contributed by atoms with Crippen molar-refractivity contribution in [3.63, 3.8) is 0 Å². The van der Waals surface area contributed by atoms with Crippen LogP contribution in [0.2, 0.25) is 5.02 Å². The lowest BCUT2D eigenvalue weighted by Crippen LogP contribution is -2.27. The van der Waals surface area contributed by atoms with E-state index in [0.717, 1.165) is 15.7 Å². The molecule has 2 rings (SSSR count). The summed E-state index contributed by atoms with van der Waals surface area (Å²) in [6.45, 7) is 0.800. The molecular formula is C15H14BrClN2O. The van der Waals surface area contributed by atoms with Gasteiger partial charge in [-0.05, 0) is 35.9 Å². The summed E-state index contributed by atoms with van der Waals surface area (Å²) in [6.07, 6.45) is 0. The molecule has 2 aromatic rings. The number of carbonyl (C=O) groups excluding carboxylic acids is 1. The molecule has 104 valence electrons. The Bertz CT molecular complexity index is 587. The molecule has 0 aromatic heterocycles. The number of rotatable bonds is 5. The monoisotopic (exact) mass is 352 g/mol. The zero-order chi connectivity index (χ0) is 14.4. The summed E-state index contributed by atoms with van der Waals surface area (Å²) in [5.74, 6) is -0.0839. The SMILES string of the molecule is O=C(CNCc1ccccc1Cl)Nc1ccc(Br)cc1. The number of amides is 1. The number of carbonyl (C=O) groups is 1. The molecule has 1 amide bonds. The van der Waals surface area contributed by atoms with Gasteiger partial charge >= 0.3 is 0 Å². The van der Waals surface area contributed by atoms with Gasteiger partial charge in [-0.2, -0.15) is 0 Å². The van der Waals surface area contributed by atoms with Crippen molar-refractivity contribution in [3.8, 4) is 0 Å². The van der Waals surface area contributed by atoms with Crippen LogP contribution in [0.1, 0.15) is 5.56 Å². The second-order valence-electron chi connectivity index (χ2n) is 4.25. The van der Waals surface area contributed by atoms with Gasteiger partial charge in [0.1, 0.15) is 0 Å². The van der Waals surface area contributed by atoms with E-state index in [1.54, 1.807) is 0 Å². The number of nitrogens with one attached hydrogen (secondary N) is 2. The largest absolute Gasteiger partial charge is 0.325 e. The summed E-state index contributed by atoms with van der Waals surface area (Å²) in [6, 6.07) is 15.0. The summed E-state index contributed by atoms with van der Waals surface area (Å²) >= 11 is 9.39. The maximum atomic E-state index is 11.8. The highest BCUT2D eigenvalue weighted by atomic mass is 79.9. The van der Waals surface area contributed by atoms with Crippen LogP contribution in [-0.2, 0) is 11.3 Å². The van der Waals surface area contributed by atoms with E-state index in [0.29, 0.717) is 11.6 Å². The molecule has 0 aliphatic rings. The van der Waals surface area contributed by atoms with E-state index in [1.807, 2.05) is 48.5 Å². The van der Waals surface area contributed by atoms with Crippen LogP contribution in [0, 0.1) is 0 Å². The topological polar surface area (TPSA) is 41.1 Å². The average molecular weight is 354 g/mol. The number of hydrogen-bond donors (Lipinski definition) is 2. The zero-order valence-electron chi connectivity index (χ0n) is 10.7. The molecule has 0 radical (unpaired) electrons. The first kappa shape index (κ1) is 15.0. The molecule has 0 spiro atoms. The molecule has 0 bridgehead atoms. The molecule has 2 aromatic carbocycles. The summed E-state index contributed by atoms with van der Waals surface area (Å²) < 4.78 is 0.979. The highest BCUT2D eigenvalue weighted by Gasteiger charge is 2.03. The van der Waals surface area contributed by atoms with Crippen LogP contribution in [0.15, 0.2) is 53.0 Å². The Kier molecular flexibility index (Phi) is 5.59. The lowest BCUT2D eigenvalue weighted by molar-refractivity contribution is -0.115. The van der Waals surface area contributed by atoms with E-state index in [-0.39, 0.29) is 12.5 Å². The van der Waals surface area contributed by atoms with Crippen molar-refractivity contribution in [2.24, 2.45) is 0 Å². The maximum absolute atomic E-state index is 11.8. The van der Waals surface area contributed by atoms with Gasteiger partial charge in [0.25, 0.3) is 0 Å². The molecule has 5 heteroatoms. The van der Waals surface area contributed by atoms with E-state index in [9.17, 15) is 4.79 Å². The van der Waals surface area contributed by atoms with Crippen molar-refractivity contribution in [2.75, 3.05) is 11.9 Å². The summed E-state index contributed by atoms with van der Waals surface area (Å²) in [7, 11) is 0. The van der Waals surface area contributed by atoms with Gasteiger partial charge in [-0.15, -0.1) is 0 Å². The number of hydrogen-bond acceptors (Lipinski definition) is 2. The smallest absolute Gasteiger partial charge is 0.238 e. The molecule has 0 fully saturated rings. The molecule has 3 nitrogen and oxygen atoms in total. The summed E-state index contributed by atoms with van der Waals surface area (Å²) in [5.41, 5.74) is 1.75. The van der Waals surface area contributed by atoms with Crippen LogP contribution in [-0.4, -0.2) is 12.5 Å². The van der Waals surface area contributed by atoms with Crippen molar-refractivity contribution in [1.29, 1.82) is 0 Å². The first-order valence-electron chi connectivity index (χ1n) is 6.15. The summed E-state index contributed by atoms with van der Waals surface area (Å²) in [5, 5.41) is 6.59. The molecule has 20 heavy (non-hydrogen) atoms. The van der Waals surface area contributed by atoms with Gasteiger partial charge in [0.15, 0.2) is 0 Å². The fraction of sp³-hybridized carbons (Fsp3) is 0.133. The fourth-order valence-electron chi connectivity index (χ4n) is 1.69. The summed E-state index contributed by atoms with van der Waals surface area (Å²) in [4.78, 5) is 11.8. The molecule has 0 saturated heterocycles. The highest BCUT2D eigenvalue weighted by molar-refractivity contribution is 9.10. The predicted octanol–water partition coefficient (Wildman–Crippen LogP) is 3.83. The van der Waals surface area contributed by atoms with Crippen LogP contribution in [0.3, 0.4) is 0 Å². The van der Waals surface area contributed by atoms with E-state index in [1.165, 1.54) is 0 Å². The minimum atomic E-state index is -0.0839. The molecule has 0 saturated carbocycles. The van der Waals surface area contributed by atoms with Gasteiger partial charge in [-0.1, -0.05) is 45.7 Å². The van der Waals surface area contributed by atoms with E-state index in [4.69, 9.17) is 11.6 Å². The Hall–Kier alpha value is -1.36. The number of benzene rings is 2. The average Bonchev–Trinajstić information content (AvgIpc) is 2.43. The third-order valence-electron chi connectivity index (χ3n) is 2.69. The van der Waals surface area contributed by atoms with Gasteiger partial charge in [0.2, 0.25) is 5.91 Å². The first-order chi connectivity index (χ1) is 9.65. The van der Waals surface area contributed by atoms with E-state index < -0.39 is 0 Å². The number of anilines is 1. The predicted molar refractivity (Wildman–Crippen MR) is 85.9 cm³/mol. The van der Waals surface area contributed by atoms with Crippen molar-refractivity contribution in [3.05, 3.63) is 63.6 Å². The standard InChI is InChI=1S/C15H14BrClN2O/c16-12-5-7-13(8-6-12)19-15(20)10-18-9-11-3-1-2-4-14(11)17/h1-8,18H,9-10H2,(H,19,20). The van der Waals surface area contributed by atoms with Crippen LogP contribution < -0.4 is 10.6 Å². The normalized spacial score (nSPS) is 10.3. The van der Waals surface area contributed by atoms with E-state index in [2.05, 4.69) is 26.6 Å². The lowest BCUT2D eigenvalue weighted by atomic mass is 10.2. The van der Waals surface area contributed by atoms with Crippen molar-refractivity contribution < 1.29 is 4.79 Å². The minimum Gasteiger partial charge on any atom is -0.325 e. The highest BCUT2D eigenvalue weighted by Crippen LogP contribution is 2.15. The molecule has 0 aliphatic heterocycles. The number of halogens is 2. The quantitative estimate of drug-likeness (QED) is 0.857. The van der Waals surface area contributed by atoms with Crippen LogP contribution in [0.25, 0.3) is 0 Å². The van der Waals surface area contributed by atoms with Crippen LogP contribution in [0.5, 0.6) is 0 Å². The molecule has 2 N–H and O–H groups in total. The van der Waals surface area contributed by atoms with Crippen molar-refractivity contribution in [2.45, 2.75) is 6.54 Å². The minimum absolute atomic E-state index is 0.0839. The Morgan fingerprint density at radius 2 is 1.80 bits per heavy atom. The molecule has 0 aliphatic carbocycles. The van der Waals surface area contributed by atoms with Gasteiger partial charge in [-0.3, -0.25) is 4.79 Å². The maximum Gasteiger partial charge on any atom is 0.238 e. The Morgan fingerprint density at radius 1 is 1.10 bits per heavy atom. The van der Waals surface area contributed by atoms with Gasteiger partial charge in [0.05, 0.1) is 6.54 Å². The third-order valence-corrected chi connectivity index (χ3v) is 3.58. The van der Waals surface area contributed by atoms with Gasteiger partial charge in [0, 0.05) is 21.7 Å². The Morgan fingerprint density at radius 3 is 2.50 bits per heavy atom. The zero-order valence-corrected chi connectivity index (χ0v) is 13.0. The van der Waals surface area contributed by atoms with E-state index >= 15 is 0 Å². The Balaban J connectivity index is 1.78. The van der Waals surface area contributed by atoms with Gasteiger partial charge in [-0.25, -0.2) is 0 Å². The Labute approximate surface area is 131 Å². The van der Waals surface area contributed by atoms with Crippen LogP contribution in [0.4, 0.5) is 5.69 Å². The molecule has 0 unspecified atom stereocenters. The fourth-order valence-corrected chi connectivity index (χ4v) is 2.16. The lowest BCUT2D eigenvalue weighted by Gasteiger charge is -2.08. The van der Waals surface area contributed by atoms with Crippen LogP contribution >= 0.6 is 27.5 Å². The van der Waals surface area contributed by atoms with Gasteiger partial charge < -0.3 is 10.6 Å². The second kappa shape index (κ2) is 7.43. The van der Waals surface area contributed by atoms with Crippen molar-refractivity contribution in [1.82, 2.24) is 5.32 Å². The molecule has 0 atom stereocenters. The van der Waals surface area contributed by atoms with Crippen molar-refractivity contribution >= 4 is 39.1 Å².